The van der Waals surface area contributed by atoms with E-state index in [0.717, 1.165) is 0 Å². The Bertz CT molecular complexity index is 749. The summed E-state index contributed by atoms with van der Waals surface area (Å²) in [5.74, 6) is 0.0378. The van der Waals surface area contributed by atoms with Crippen LogP contribution in [-0.2, 0) is 4.74 Å². The van der Waals surface area contributed by atoms with Crippen LogP contribution in [0.25, 0.3) is 0 Å². The summed E-state index contributed by atoms with van der Waals surface area (Å²) in [7, 11) is 1.52. The van der Waals surface area contributed by atoms with Gasteiger partial charge >= 0.3 is 12.0 Å². The Morgan fingerprint density at radius 2 is 1.88 bits per heavy atom. The second-order valence-corrected chi connectivity index (χ2v) is 5.10. The lowest BCUT2D eigenvalue weighted by Crippen LogP contribution is -2.20. The van der Waals surface area contributed by atoms with Crippen molar-refractivity contribution in [2.24, 2.45) is 0 Å². The summed E-state index contributed by atoms with van der Waals surface area (Å²) in [6, 6.07) is 11.1. The predicted molar refractivity (Wildman–Crippen MR) is 93.0 cm³/mol. The van der Waals surface area contributed by atoms with Gasteiger partial charge in [0.1, 0.15) is 5.75 Å². The molecule has 0 aliphatic carbocycles. The third-order valence-corrected chi connectivity index (χ3v) is 3.39. The fraction of sp³-hybridized carbons (Fsp3) is 0.176. The maximum atomic E-state index is 12.1. The lowest BCUT2D eigenvalue weighted by Gasteiger charge is -2.11. The summed E-state index contributed by atoms with van der Waals surface area (Å²) >= 11 is 6.06. The van der Waals surface area contributed by atoms with Crippen LogP contribution in [0.4, 0.5) is 16.2 Å². The van der Waals surface area contributed by atoms with E-state index >= 15 is 0 Å². The minimum Gasteiger partial charge on any atom is -0.495 e. The van der Waals surface area contributed by atoms with Gasteiger partial charge in [-0.2, -0.15) is 0 Å². The summed E-state index contributed by atoms with van der Waals surface area (Å²) in [6.45, 7) is 1.97. The van der Waals surface area contributed by atoms with Crippen LogP contribution < -0.4 is 15.4 Å². The first-order chi connectivity index (χ1) is 11.5. The van der Waals surface area contributed by atoms with Crippen LogP contribution in [0, 0.1) is 0 Å². The molecule has 0 bridgehead atoms. The van der Waals surface area contributed by atoms with Crippen molar-refractivity contribution in [3.05, 3.63) is 53.1 Å². The maximum Gasteiger partial charge on any atom is 0.339 e. The first-order valence-electron chi connectivity index (χ1n) is 7.22. The van der Waals surface area contributed by atoms with Gasteiger partial charge in [-0.3, -0.25) is 0 Å². The molecule has 2 aromatic carbocycles. The quantitative estimate of drug-likeness (QED) is 0.795. The van der Waals surface area contributed by atoms with E-state index in [1.165, 1.54) is 19.2 Å². The number of para-hydroxylation sites is 2. The van der Waals surface area contributed by atoms with Gasteiger partial charge in [-0.15, -0.1) is 0 Å². The lowest BCUT2D eigenvalue weighted by molar-refractivity contribution is 0.0526. The summed E-state index contributed by atoms with van der Waals surface area (Å²) in [5.41, 5.74) is 1.22. The monoisotopic (exact) mass is 348 g/mol. The molecule has 0 unspecified atom stereocenters. The summed E-state index contributed by atoms with van der Waals surface area (Å²) < 4.78 is 10.1. The van der Waals surface area contributed by atoms with Crippen LogP contribution in [0.1, 0.15) is 17.3 Å². The molecule has 0 heterocycles. The molecule has 2 amide bonds. The number of hydrogen-bond donors (Lipinski definition) is 2. The van der Waals surface area contributed by atoms with Crippen LogP contribution in [0.2, 0.25) is 5.02 Å². The number of halogens is 1. The van der Waals surface area contributed by atoms with E-state index in [1.807, 2.05) is 0 Å². The fourth-order valence-electron chi connectivity index (χ4n) is 2.00. The third-order valence-electron chi connectivity index (χ3n) is 3.08. The van der Waals surface area contributed by atoms with Crippen molar-refractivity contribution in [1.82, 2.24) is 0 Å². The van der Waals surface area contributed by atoms with Crippen LogP contribution in [-0.4, -0.2) is 25.7 Å². The molecule has 126 valence electrons. The molecule has 24 heavy (non-hydrogen) atoms. The highest BCUT2D eigenvalue weighted by atomic mass is 35.5. The number of urea groups is 1. The van der Waals surface area contributed by atoms with E-state index in [2.05, 4.69) is 10.6 Å². The minimum atomic E-state index is -0.507. The molecule has 0 saturated carbocycles. The summed E-state index contributed by atoms with van der Waals surface area (Å²) in [4.78, 5) is 23.8. The van der Waals surface area contributed by atoms with Crippen molar-refractivity contribution in [3.63, 3.8) is 0 Å². The number of esters is 1. The molecule has 0 radical (unpaired) electrons. The van der Waals surface area contributed by atoms with Crippen molar-refractivity contribution in [2.75, 3.05) is 24.4 Å². The SMILES string of the molecule is CCOC(=O)c1ccc(NC(=O)Nc2ccccc2OC)cc1Cl. The van der Waals surface area contributed by atoms with Gasteiger partial charge < -0.3 is 20.1 Å². The number of nitrogens with one attached hydrogen (secondary N) is 2. The molecule has 6 nitrogen and oxygen atoms in total. The van der Waals surface area contributed by atoms with Crippen LogP contribution >= 0.6 is 11.6 Å². The van der Waals surface area contributed by atoms with Gasteiger partial charge in [-0.05, 0) is 37.3 Å². The molecule has 2 aromatic rings. The lowest BCUT2D eigenvalue weighted by atomic mass is 10.2. The van der Waals surface area contributed by atoms with Crippen molar-refractivity contribution in [3.8, 4) is 5.75 Å². The van der Waals surface area contributed by atoms with Gasteiger partial charge in [0.2, 0.25) is 0 Å². The van der Waals surface area contributed by atoms with E-state index in [-0.39, 0.29) is 17.2 Å². The Morgan fingerprint density at radius 3 is 2.54 bits per heavy atom. The standard InChI is InChI=1S/C17H17ClN2O4/c1-3-24-16(21)12-9-8-11(10-13(12)18)19-17(22)20-14-6-4-5-7-15(14)23-2/h4-10H,3H2,1-2H3,(H2,19,20,22). The minimum absolute atomic E-state index is 0.198. The summed E-state index contributed by atoms with van der Waals surface area (Å²) in [6.07, 6.45) is 0. The van der Waals surface area contributed by atoms with Crippen molar-refractivity contribution >= 4 is 35.0 Å². The number of ether oxygens (including phenoxy) is 2. The van der Waals surface area contributed by atoms with E-state index in [0.29, 0.717) is 17.1 Å². The van der Waals surface area contributed by atoms with Gasteiger partial charge in [0.05, 0.1) is 30.0 Å². The molecule has 0 spiro atoms. The molecule has 0 saturated heterocycles. The largest absolute Gasteiger partial charge is 0.495 e. The number of methoxy groups -OCH3 is 1. The fourth-order valence-corrected chi connectivity index (χ4v) is 2.26. The predicted octanol–water partition coefficient (Wildman–Crippen LogP) is 4.17. The number of rotatable bonds is 5. The zero-order valence-electron chi connectivity index (χ0n) is 13.3. The van der Waals surface area contributed by atoms with Crippen LogP contribution in [0.3, 0.4) is 0 Å². The Morgan fingerprint density at radius 1 is 1.12 bits per heavy atom. The van der Waals surface area contributed by atoms with E-state index < -0.39 is 12.0 Å². The number of benzene rings is 2. The van der Waals surface area contributed by atoms with E-state index in [9.17, 15) is 9.59 Å². The highest BCUT2D eigenvalue weighted by Gasteiger charge is 2.13. The van der Waals surface area contributed by atoms with Crippen molar-refractivity contribution in [2.45, 2.75) is 6.92 Å². The van der Waals surface area contributed by atoms with E-state index in [1.54, 1.807) is 37.3 Å². The second kappa shape index (κ2) is 8.21. The molecule has 0 atom stereocenters. The first-order valence-corrected chi connectivity index (χ1v) is 7.60. The molecule has 7 heteroatoms. The smallest absolute Gasteiger partial charge is 0.339 e. The first kappa shape index (κ1) is 17.6. The molecule has 0 fully saturated rings. The highest BCUT2D eigenvalue weighted by Crippen LogP contribution is 2.24. The molecule has 0 aromatic heterocycles. The van der Waals surface area contributed by atoms with Gasteiger partial charge in [0.25, 0.3) is 0 Å². The average Bonchev–Trinajstić information content (AvgIpc) is 2.55. The topological polar surface area (TPSA) is 76.7 Å². The average molecular weight is 349 g/mol. The number of carbonyl (C=O) groups is 2. The van der Waals surface area contributed by atoms with Gasteiger partial charge in [-0.1, -0.05) is 23.7 Å². The molecular weight excluding hydrogens is 332 g/mol. The number of anilines is 2. The Labute approximate surface area is 144 Å². The maximum absolute atomic E-state index is 12.1. The Kier molecular flexibility index (Phi) is 6.03. The molecule has 0 aliphatic rings. The molecule has 2 rings (SSSR count). The Balaban J connectivity index is 2.07. The molecule has 0 aliphatic heterocycles. The molecule has 2 N–H and O–H groups in total. The van der Waals surface area contributed by atoms with E-state index in [4.69, 9.17) is 21.1 Å². The Hall–Kier alpha value is -2.73. The second-order valence-electron chi connectivity index (χ2n) is 4.69. The molecular formula is C17H17ClN2O4. The van der Waals surface area contributed by atoms with Crippen molar-refractivity contribution < 1.29 is 19.1 Å². The zero-order valence-corrected chi connectivity index (χ0v) is 14.0. The van der Waals surface area contributed by atoms with Gasteiger partial charge in [-0.25, -0.2) is 9.59 Å². The number of hydrogen-bond acceptors (Lipinski definition) is 4. The van der Waals surface area contributed by atoms with Gasteiger partial charge in [0, 0.05) is 5.69 Å². The van der Waals surface area contributed by atoms with Crippen LogP contribution in [0.15, 0.2) is 42.5 Å². The summed E-state index contributed by atoms with van der Waals surface area (Å²) in [5, 5.41) is 5.51. The van der Waals surface area contributed by atoms with Crippen molar-refractivity contribution in [1.29, 1.82) is 0 Å². The number of carbonyl (C=O) groups excluding carboxylic acids is 2. The normalized spacial score (nSPS) is 9.96. The highest BCUT2D eigenvalue weighted by molar-refractivity contribution is 6.34. The number of amides is 2. The van der Waals surface area contributed by atoms with Gasteiger partial charge in [0.15, 0.2) is 0 Å². The zero-order chi connectivity index (χ0) is 17.5. The third kappa shape index (κ3) is 4.39. The van der Waals surface area contributed by atoms with Crippen LogP contribution in [0.5, 0.6) is 5.75 Å².